The first-order valence-electron chi connectivity index (χ1n) is 9.88. The minimum absolute atomic E-state index is 0.137. The van der Waals surface area contributed by atoms with Gasteiger partial charge >= 0.3 is 0 Å². The van der Waals surface area contributed by atoms with Gasteiger partial charge in [-0.3, -0.25) is 9.59 Å². The van der Waals surface area contributed by atoms with E-state index in [1.165, 1.54) is 23.4 Å². The van der Waals surface area contributed by atoms with Gasteiger partial charge in [-0.25, -0.2) is 0 Å². The second-order valence-electron chi connectivity index (χ2n) is 7.38. The fourth-order valence-electron chi connectivity index (χ4n) is 2.83. The Bertz CT molecular complexity index is 1120. The number of nitrogens with one attached hydrogen (secondary N) is 2. The van der Waals surface area contributed by atoms with E-state index in [0.29, 0.717) is 27.5 Å². The maximum Gasteiger partial charge on any atom is 0.253 e. The Morgan fingerprint density at radius 3 is 2.47 bits per heavy atom. The second-order valence-corrected chi connectivity index (χ2v) is 9.16. The summed E-state index contributed by atoms with van der Waals surface area (Å²) in [4.78, 5) is 24.6. The summed E-state index contributed by atoms with van der Waals surface area (Å²) in [5, 5.41) is 15.1. The van der Waals surface area contributed by atoms with Crippen LogP contribution in [-0.2, 0) is 18.4 Å². The Morgan fingerprint density at radius 2 is 1.81 bits per heavy atom. The van der Waals surface area contributed by atoms with Gasteiger partial charge in [-0.05, 0) is 41.8 Å². The Balaban J connectivity index is 1.52. The first-order valence-corrected chi connectivity index (χ1v) is 11.6. The van der Waals surface area contributed by atoms with Gasteiger partial charge in [-0.15, -0.1) is 10.2 Å². The quantitative estimate of drug-likeness (QED) is 0.437. The summed E-state index contributed by atoms with van der Waals surface area (Å²) in [6.07, 6.45) is 0. The minimum Gasteiger partial charge on any atom is -0.345 e. The van der Waals surface area contributed by atoms with Gasteiger partial charge in [-0.1, -0.05) is 60.9 Å². The molecule has 7 nitrogen and oxygen atoms in total. The lowest BCUT2D eigenvalue weighted by Gasteiger charge is -2.09. The highest BCUT2D eigenvalue weighted by atomic mass is 35.5. The molecule has 0 aliphatic rings. The van der Waals surface area contributed by atoms with Crippen LogP contribution in [0.15, 0.2) is 47.6 Å². The summed E-state index contributed by atoms with van der Waals surface area (Å²) in [5.74, 6) is 0.697. The molecule has 0 radical (unpaired) electrons. The molecule has 3 aromatic rings. The molecule has 0 aliphatic carbocycles. The lowest BCUT2D eigenvalue weighted by atomic mass is 10.0. The van der Waals surface area contributed by atoms with Gasteiger partial charge in [0.05, 0.1) is 22.9 Å². The van der Waals surface area contributed by atoms with Gasteiger partial charge in [0, 0.05) is 17.8 Å². The molecule has 32 heavy (non-hydrogen) atoms. The molecule has 0 saturated heterocycles. The summed E-state index contributed by atoms with van der Waals surface area (Å²) in [7, 11) is 1.78. The zero-order valence-electron chi connectivity index (χ0n) is 17.9. The van der Waals surface area contributed by atoms with Gasteiger partial charge in [0.2, 0.25) is 5.91 Å². The molecule has 0 aliphatic heterocycles. The number of benzene rings is 2. The molecule has 0 saturated carbocycles. The molecule has 2 N–H and O–H groups in total. The van der Waals surface area contributed by atoms with Crippen LogP contribution in [0.25, 0.3) is 0 Å². The van der Waals surface area contributed by atoms with Crippen molar-refractivity contribution in [1.29, 1.82) is 0 Å². The van der Waals surface area contributed by atoms with Crippen LogP contribution in [0.2, 0.25) is 10.0 Å². The van der Waals surface area contributed by atoms with E-state index in [0.717, 1.165) is 5.69 Å². The fraction of sp³-hybridized carbons (Fsp3) is 0.273. The van der Waals surface area contributed by atoms with E-state index < -0.39 is 0 Å². The Hall–Kier alpha value is -2.55. The Morgan fingerprint density at radius 1 is 1.09 bits per heavy atom. The number of halogens is 2. The average Bonchev–Trinajstić information content (AvgIpc) is 3.10. The van der Waals surface area contributed by atoms with E-state index in [2.05, 4.69) is 34.7 Å². The van der Waals surface area contributed by atoms with E-state index in [1.54, 1.807) is 23.7 Å². The maximum atomic E-state index is 12.4. The number of hydrogen-bond acceptors (Lipinski definition) is 5. The van der Waals surface area contributed by atoms with Crippen LogP contribution in [0.4, 0.5) is 5.69 Å². The zero-order valence-corrected chi connectivity index (χ0v) is 20.2. The molecule has 1 aromatic heterocycles. The third-order valence-corrected chi connectivity index (χ3v) is 6.27. The third kappa shape index (κ3) is 6.25. The molecular formula is C22H23Cl2N5O2S. The van der Waals surface area contributed by atoms with E-state index >= 15 is 0 Å². The molecular weight excluding hydrogens is 469 g/mol. The van der Waals surface area contributed by atoms with Crippen molar-refractivity contribution < 1.29 is 9.59 Å². The van der Waals surface area contributed by atoms with Crippen molar-refractivity contribution in [2.24, 2.45) is 7.05 Å². The van der Waals surface area contributed by atoms with Crippen LogP contribution in [0.3, 0.4) is 0 Å². The molecule has 0 atom stereocenters. The number of carbonyl (C=O) groups is 2. The van der Waals surface area contributed by atoms with E-state index in [4.69, 9.17) is 23.2 Å². The largest absolute Gasteiger partial charge is 0.345 e. The first kappa shape index (κ1) is 24.1. The second kappa shape index (κ2) is 10.8. The van der Waals surface area contributed by atoms with Gasteiger partial charge < -0.3 is 15.2 Å². The third-order valence-electron chi connectivity index (χ3n) is 4.70. The average molecular weight is 492 g/mol. The summed E-state index contributed by atoms with van der Waals surface area (Å²) >= 11 is 13.2. The molecule has 1 heterocycles. The fourth-order valence-corrected chi connectivity index (χ4v) is 4.06. The minimum atomic E-state index is -0.341. The number of nitrogens with zero attached hydrogens (tertiary/aromatic N) is 3. The van der Waals surface area contributed by atoms with Crippen LogP contribution in [-0.4, -0.2) is 32.3 Å². The number of thioether (sulfide) groups is 1. The molecule has 0 bridgehead atoms. The van der Waals surface area contributed by atoms with Crippen molar-refractivity contribution in [1.82, 2.24) is 20.1 Å². The normalized spacial score (nSPS) is 10.9. The van der Waals surface area contributed by atoms with Gasteiger partial charge in [-0.2, -0.15) is 0 Å². The van der Waals surface area contributed by atoms with Gasteiger partial charge in [0.25, 0.3) is 5.91 Å². The van der Waals surface area contributed by atoms with Crippen LogP contribution in [0.5, 0.6) is 0 Å². The number of rotatable bonds is 8. The summed E-state index contributed by atoms with van der Waals surface area (Å²) in [5.41, 5.74) is 2.29. The monoisotopic (exact) mass is 491 g/mol. The van der Waals surface area contributed by atoms with E-state index in [1.807, 2.05) is 24.3 Å². The molecule has 0 fully saturated rings. The topological polar surface area (TPSA) is 88.9 Å². The number of anilines is 1. The van der Waals surface area contributed by atoms with Gasteiger partial charge in [0.1, 0.15) is 0 Å². The lowest BCUT2D eigenvalue weighted by Crippen LogP contribution is -2.24. The molecule has 2 aromatic carbocycles. The molecule has 3 rings (SSSR count). The number of amides is 2. The predicted octanol–water partition coefficient (Wildman–Crippen LogP) is 4.91. The lowest BCUT2D eigenvalue weighted by molar-refractivity contribution is -0.113. The van der Waals surface area contributed by atoms with Crippen LogP contribution in [0.1, 0.15) is 41.5 Å². The van der Waals surface area contributed by atoms with Crippen LogP contribution in [0, 0.1) is 0 Å². The maximum absolute atomic E-state index is 12.4. The van der Waals surface area contributed by atoms with Crippen molar-refractivity contribution in [2.75, 3.05) is 11.1 Å². The van der Waals surface area contributed by atoms with Crippen molar-refractivity contribution in [3.63, 3.8) is 0 Å². The predicted molar refractivity (Wildman–Crippen MR) is 129 cm³/mol. The van der Waals surface area contributed by atoms with Crippen molar-refractivity contribution >= 4 is 52.5 Å². The van der Waals surface area contributed by atoms with E-state index in [-0.39, 0.29) is 29.1 Å². The van der Waals surface area contributed by atoms with Crippen LogP contribution >= 0.6 is 35.0 Å². The number of carbonyl (C=O) groups excluding carboxylic acids is 2. The molecule has 168 valence electrons. The number of aromatic nitrogens is 3. The van der Waals surface area contributed by atoms with Crippen molar-refractivity contribution in [3.05, 3.63) is 69.5 Å². The number of hydrogen-bond donors (Lipinski definition) is 2. The highest BCUT2D eigenvalue weighted by Crippen LogP contribution is 2.21. The standard InChI is InChI=1S/C22H23Cl2N5O2S/c1-13(2)14-4-7-16(8-5-14)26-20(30)12-32-22-28-27-19(29(22)3)11-25-21(31)17-9-6-15(23)10-18(17)24/h4-10,13H,11-12H2,1-3H3,(H,25,31)(H,26,30). The highest BCUT2D eigenvalue weighted by molar-refractivity contribution is 7.99. The first-order chi connectivity index (χ1) is 15.2. The van der Waals surface area contributed by atoms with Crippen molar-refractivity contribution in [3.8, 4) is 0 Å². The SMILES string of the molecule is CC(C)c1ccc(NC(=O)CSc2nnc(CNC(=O)c3ccc(Cl)cc3Cl)n2C)cc1. The highest BCUT2D eigenvalue weighted by Gasteiger charge is 2.15. The summed E-state index contributed by atoms with van der Waals surface area (Å²) in [6.45, 7) is 4.41. The molecule has 0 unspecified atom stereocenters. The van der Waals surface area contributed by atoms with Crippen molar-refractivity contribution in [2.45, 2.75) is 31.5 Å². The molecule has 2 amide bonds. The summed E-state index contributed by atoms with van der Waals surface area (Å²) < 4.78 is 1.74. The molecule has 0 spiro atoms. The Kier molecular flexibility index (Phi) is 8.17. The van der Waals surface area contributed by atoms with E-state index in [9.17, 15) is 9.59 Å². The van der Waals surface area contributed by atoms with Gasteiger partial charge in [0.15, 0.2) is 11.0 Å². The molecule has 10 heteroatoms. The Labute approximate surface area is 200 Å². The summed E-state index contributed by atoms with van der Waals surface area (Å²) in [6, 6.07) is 12.5. The van der Waals surface area contributed by atoms with Crippen LogP contribution < -0.4 is 10.6 Å². The zero-order chi connectivity index (χ0) is 23.3. The smallest absolute Gasteiger partial charge is 0.253 e.